The topological polar surface area (TPSA) is 252 Å². The molecule has 9 N–H and O–H groups in total. The number of carbonyl (C=O) groups excluding carboxylic acids is 6. The molecule has 2 unspecified atom stereocenters. The van der Waals surface area contributed by atoms with Gasteiger partial charge in [-0.15, -0.1) is 0 Å². The number of carbonyl (C=O) groups is 5. The summed E-state index contributed by atoms with van der Waals surface area (Å²) in [5, 5.41) is 52.0. The van der Waals surface area contributed by atoms with Gasteiger partial charge in [0.05, 0.1) is 32.5 Å². The Bertz CT molecular complexity index is 753. The molecular weight excluding hydrogens is 782 g/mol. The average molecular weight is 845 g/mol. The molecule has 15 nitrogen and oxygen atoms in total. The summed E-state index contributed by atoms with van der Waals surface area (Å²) in [6.07, 6.45) is 5.50. The Morgan fingerprint density at radius 1 is 0.604 bits per heavy atom. The quantitative estimate of drug-likeness (QED) is 0.0490. The zero-order valence-electron chi connectivity index (χ0n) is 29.7. The summed E-state index contributed by atoms with van der Waals surface area (Å²) in [5.41, 5.74) is 0. The number of aliphatic hydroxyl groups is 5. The van der Waals surface area contributed by atoms with E-state index in [9.17, 15) is 28.8 Å². The predicted molar refractivity (Wildman–Crippen MR) is 179 cm³/mol. The van der Waals surface area contributed by atoms with E-state index in [4.69, 9.17) is 25.5 Å². The van der Waals surface area contributed by atoms with Crippen LogP contribution in [-0.4, -0.2) is 119 Å². The second kappa shape index (κ2) is 53.0. The number of amides is 4. The first-order chi connectivity index (χ1) is 20.1. The van der Waals surface area contributed by atoms with Gasteiger partial charge < -0.3 is 88.2 Å². The molecule has 278 valence electrons. The van der Waals surface area contributed by atoms with Crippen molar-refractivity contribution in [3.8, 4) is 0 Å². The van der Waals surface area contributed by atoms with Gasteiger partial charge in [0.15, 0.2) is 5.78 Å². The maximum absolute atomic E-state index is 11.4. The smallest absolute Gasteiger partial charge is 0.540 e. The minimum Gasteiger partial charge on any atom is -0.540 e. The minimum atomic E-state index is -0.674. The zero-order valence-corrected chi connectivity index (χ0v) is 35.4. The molecule has 0 spiro atoms. The van der Waals surface area contributed by atoms with Crippen molar-refractivity contribution in [1.29, 1.82) is 0 Å². The molecule has 0 heterocycles. The third kappa shape index (κ3) is 52.0. The Kier molecular flexibility index (Phi) is 76.3. The number of rotatable bonds is 22. The van der Waals surface area contributed by atoms with E-state index in [0.717, 1.165) is 0 Å². The molecule has 0 fully saturated rings. The van der Waals surface area contributed by atoms with Crippen LogP contribution in [0.5, 0.6) is 0 Å². The molecule has 0 saturated carbocycles. The molecule has 0 aromatic heterocycles. The first-order valence-corrected chi connectivity index (χ1v) is 13.9. The van der Waals surface area contributed by atoms with Crippen LogP contribution in [0.15, 0.2) is 0 Å². The monoisotopic (exact) mass is 844 g/mol. The number of hydrogen-bond donors (Lipinski definition) is 9. The summed E-state index contributed by atoms with van der Waals surface area (Å²) in [6.45, 7) is 4.55. The largest absolute Gasteiger partial charge is 3.00 e. The third-order valence-corrected chi connectivity index (χ3v) is 5.14. The maximum atomic E-state index is 11.4. The van der Waals surface area contributed by atoms with Crippen LogP contribution in [0.3, 0.4) is 0 Å². The van der Waals surface area contributed by atoms with Crippen LogP contribution < -0.4 is 21.3 Å². The summed E-state index contributed by atoms with van der Waals surface area (Å²) >= 11 is 0. The summed E-state index contributed by atoms with van der Waals surface area (Å²) in [4.78, 5) is 66.5. The van der Waals surface area contributed by atoms with Crippen molar-refractivity contribution < 1.29 is 120 Å². The van der Waals surface area contributed by atoms with Crippen molar-refractivity contribution in [2.75, 3.05) is 46.1 Å². The van der Waals surface area contributed by atoms with E-state index < -0.39 is 12.1 Å². The van der Waals surface area contributed by atoms with Crippen LogP contribution in [0.25, 0.3) is 0 Å². The van der Waals surface area contributed by atoms with Crippen LogP contribution in [0.2, 0.25) is 0 Å². The summed E-state index contributed by atoms with van der Waals surface area (Å²) < 4.78 is 0. The number of nitrogens with one attached hydrogen (secondary N) is 4. The average Bonchev–Trinajstić information content (AvgIpc) is 2.92. The summed E-state index contributed by atoms with van der Waals surface area (Å²) in [6, 6.07) is -1.21. The van der Waals surface area contributed by atoms with Gasteiger partial charge in [0.1, 0.15) is 0 Å². The van der Waals surface area contributed by atoms with Crippen LogP contribution in [-0.2, 0) is 94.2 Å². The van der Waals surface area contributed by atoms with E-state index in [0.29, 0.717) is 51.6 Å². The van der Waals surface area contributed by atoms with Crippen molar-refractivity contribution in [2.45, 2.75) is 83.2 Å². The fourth-order valence-corrected chi connectivity index (χ4v) is 3.06. The zero-order chi connectivity index (χ0) is 32.6. The number of unbranched alkanes of at least 4 members (excludes halogenated alkanes) is 2. The van der Waals surface area contributed by atoms with Gasteiger partial charge in [0, 0.05) is 38.8 Å². The Morgan fingerprint density at radius 3 is 1.27 bits per heavy atom. The molecule has 4 amide bonds. The van der Waals surface area contributed by atoms with Gasteiger partial charge in [0.2, 0.25) is 23.6 Å². The standard InChI is InChI=1S/C13H24N2O5.C12H21N2O5.C2H5O.4CH3.2Y/c1-10(18)11(15-13(20)6-9-17)4-2-3-7-14-12(19)5-8-16;15-7-4-11(18)13-6-2-1-3-10(9-17)14-12(19)5-8-16;1-2-3;;;;;;/h11,16-17H,2-9H2,1H3,(H,14,19)(H,15,20);10,15-16H,1-8H2,(H,13,18)(H,14,19);3H,1-2H2;4*1H3;;/q;6*-1;2*+3. The van der Waals surface area contributed by atoms with Gasteiger partial charge in [-0.2, -0.15) is 0 Å². The van der Waals surface area contributed by atoms with Crippen LogP contribution in [0.1, 0.15) is 71.1 Å². The van der Waals surface area contributed by atoms with Gasteiger partial charge in [-0.25, -0.2) is 6.29 Å². The number of hydrogen-bond acceptors (Lipinski definition) is 11. The molecule has 0 aliphatic carbocycles. The van der Waals surface area contributed by atoms with Crippen LogP contribution in [0.4, 0.5) is 0 Å². The summed E-state index contributed by atoms with van der Waals surface area (Å²) in [5.74, 6) is -1.26. The summed E-state index contributed by atoms with van der Waals surface area (Å²) in [7, 11) is 0. The molecule has 2 atom stereocenters. The van der Waals surface area contributed by atoms with Crippen molar-refractivity contribution in [1.82, 2.24) is 21.3 Å². The van der Waals surface area contributed by atoms with Crippen molar-refractivity contribution in [2.24, 2.45) is 0 Å². The first kappa shape index (κ1) is 69.1. The molecule has 0 radical (unpaired) electrons. The fraction of sp³-hybridized carbons (Fsp3) is 0.645. The Balaban J connectivity index is -0.0000000749. The van der Waals surface area contributed by atoms with Crippen molar-refractivity contribution in [3.63, 3.8) is 0 Å². The van der Waals surface area contributed by atoms with E-state index in [1.807, 2.05) is 0 Å². The number of ketones is 1. The molecule has 0 saturated heterocycles. The minimum absolute atomic E-state index is 0. The van der Waals surface area contributed by atoms with E-state index >= 15 is 0 Å². The Labute approximate surface area is 340 Å². The predicted octanol–water partition coefficient (Wildman–Crippen LogP) is -0.647. The van der Waals surface area contributed by atoms with Crippen molar-refractivity contribution >= 4 is 35.7 Å². The van der Waals surface area contributed by atoms with Gasteiger partial charge in [0.25, 0.3) is 0 Å². The van der Waals surface area contributed by atoms with E-state index in [-0.39, 0.29) is 183 Å². The molecule has 0 bridgehead atoms. The Morgan fingerprint density at radius 2 is 0.938 bits per heavy atom. The molecule has 0 aliphatic heterocycles. The molecule has 0 aromatic rings. The van der Waals surface area contributed by atoms with Crippen LogP contribution in [0, 0.1) is 36.6 Å². The number of aliphatic hydroxyl groups excluding tert-OH is 5. The number of Topliss-reactive ketones (excluding diaryl/α,β-unsaturated/α-hetero) is 1. The van der Waals surface area contributed by atoms with Gasteiger partial charge in [-0.05, 0) is 32.6 Å². The fourth-order valence-electron chi connectivity index (χ4n) is 3.06. The third-order valence-electron chi connectivity index (χ3n) is 5.14. The van der Waals surface area contributed by atoms with Gasteiger partial charge in [-0.3, -0.25) is 24.0 Å². The molecular formula is C31H62N4O11Y2. The SMILES string of the molecule is CC(=O)C(CCCCNC(=O)CCO)NC(=O)CCO.O=[C-]C(CCCCNC(=O)CCO)NC(=O)CCO.[CH2-]CO.[CH3-].[CH3-].[CH3-].[CH3-].[Y+3].[Y+3]. The van der Waals surface area contributed by atoms with E-state index in [2.05, 4.69) is 28.2 Å². The normalized spacial score (nSPS) is 9.90. The second-order valence-corrected chi connectivity index (χ2v) is 8.78. The van der Waals surface area contributed by atoms with Gasteiger partial charge in [-0.1, -0.05) is 25.5 Å². The maximum Gasteiger partial charge on any atom is 3.00 e. The molecule has 0 rings (SSSR count). The van der Waals surface area contributed by atoms with Crippen LogP contribution >= 0.6 is 0 Å². The van der Waals surface area contributed by atoms with E-state index in [1.165, 1.54) is 6.92 Å². The molecule has 0 aromatic carbocycles. The molecule has 48 heavy (non-hydrogen) atoms. The second-order valence-electron chi connectivity index (χ2n) is 8.78. The molecule has 0 aliphatic rings. The van der Waals surface area contributed by atoms with E-state index in [1.54, 1.807) is 6.29 Å². The molecule has 17 heteroatoms. The first-order valence-electron chi connectivity index (χ1n) is 13.9. The Hall–Kier alpha value is -0.772. The van der Waals surface area contributed by atoms with Crippen molar-refractivity contribution in [3.05, 3.63) is 36.6 Å². The van der Waals surface area contributed by atoms with Gasteiger partial charge >= 0.3 is 65.4 Å².